The van der Waals surface area contributed by atoms with E-state index in [1.54, 1.807) is 6.92 Å². The van der Waals surface area contributed by atoms with E-state index in [0.29, 0.717) is 6.61 Å². The number of carboxylic acid groups (broad SMARTS) is 1. The molecular weight excluding hydrogens is 260 g/mol. The molecule has 1 aromatic rings. The van der Waals surface area contributed by atoms with Gasteiger partial charge in [-0.05, 0) is 12.5 Å². The molecule has 1 heterocycles. The molecule has 0 aliphatic carbocycles. The van der Waals surface area contributed by atoms with Crippen molar-refractivity contribution in [3.8, 4) is 0 Å². The predicted octanol–water partition coefficient (Wildman–Crippen LogP) is 2.00. The molecule has 0 bridgehead atoms. The van der Waals surface area contributed by atoms with Crippen molar-refractivity contribution in [1.29, 1.82) is 0 Å². The molecule has 1 aliphatic heterocycles. The minimum Gasteiger partial charge on any atom is -0.481 e. The topological polar surface area (TPSA) is 72.8 Å². The van der Waals surface area contributed by atoms with Crippen LogP contribution in [0.25, 0.3) is 0 Å². The number of benzene rings is 1. The predicted molar refractivity (Wildman–Crippen MR) is 70.9 cm³/mol. The van der Waals surface area contributed by atoms with Crippen LogP contribution in [-0.2, 0) is 25.7 Å². The number of rotatable bonds is 6. The van der Waals surface area contributed by atoms with Crippen molar-refractivity contribution in [3.63, 3.8) is 0 Å². The van der Waals surface area contributed by atoms with Crippen LogP contribution in [0.1, 0.15) is 25.3 Å². The minimum absolute atomic E-state index is 0.0740. The number of cyclic esters (lactones) is 1. The largest absolute Gasteiger partial charge is 0.481 e. The van der Waals surface area contributed by atoms with Crippen LogP contribution >= 0.6 is 0 Å². The van der Waals surface area contributed by atoms with E-state index in [1.807, 2.05) is 30.3 Å². The molecule has 1 fully saturated rings. The lowest BCUT2D eigenvalue weighted by Crippen LogP contribution is -2.32. The number of carbonyl (C=O) groups excluding carboxylic acids is 1. The third kappa shape index (κ3) is 3.81. The lowest BCUT2D eigenvalue weighted by atomic mass is 9.94. The number of carboxylic acids is 1. The van der Waals surface area contributed by atoms with E-state index in [0.717, 1.165) is 5.56 Å². The first-order chi connectivity index (χ1) is 9.56. The van der Waals surface area contributed by atoms with Crippen LogP contribution in [0.5, 0.6) is 0 Å². The Morgan fingerprint density at radius 2 is 2.15 bits per heavy atom. The number of hydrogen-bond acceptors (Lipinski definition) is 4. The molecular formula is C15H18O5. The van der Waals surface area contributed by atoms with Gasteiger partial charge in [0.2, 0.25) is 0 Å². The van der Waals surface area contributed by atoms with Crippen molar-refractivity contribution >= 4 is 11.9 Å². The van der Waals surface area contributed by atoms with Gasteiger partial charge in [0, 0.05) is 5.92 Å². The molecule has 1 N–H and O–H groups in total. The van der Waals surface area contributed by atoms with Crippen molar-refractivity contribution in [2.24, 2.45) is 5.92 Å². The SMILES string of the molecule is C[C@H](OCc1ccccc1)[C@H]1OC(=O)C[C@@H]1CC(=O)O. The normalized spacial score (nSPS) is 23.4. The van der Waals surface area contributed by atoms with Crippen LogP contribution in [-0.4, -0.2) is 29.3 Å². The summed E-state index contributed by atoms with van der Waals surface area (Å²) in [4.78, 5) is 22.2. The van der Waals surface area contributed by atoms with E-state index >= 15 is 0 Å². The smallest absolute Gasteiger partial charge is 0.306 e. The van der Waals surface area contributed by atoms with Gasteiger partial charge in [-0.25, -0.2) is 0 Å². The van der Waals surface area contributed by atoms with Crippen LogP contribution in [0.3, 0.4) is 0 Å². The summed E-state index contributed by atoms with van der Waals surface area (Å²) in [6, 6.07) is 9.66. The molecule has 2 rings (SSSR count). The molecule has 1 aliphatic rings. The Balaban J connectivity index is 1.91. The first kappa shape index (κ1) is 14.5. The highest BCUT2D eigenvalue weighted by atomic mass is 16.6. The second kappa shape index (κ2) is 6.52. The van der Waals surface area contributed by atoms with E-state index in [2.05, 4.69) is 0 Å². The highest BCUT2D eigenvalue weighted by molar-refractivity contribution is 5.74. The molecule has 5 heteroatoms. The molecule has 0 amide bonds. The summed E-state index contributed by atoms with van der Waals surface area (Å²) in [6.07, 6.45) is -0.737. The number of esters is 1. The standard InChI is InChI=1S/C15H18O5/c1-10(19-9-11-5-3-2-4-6-11)15-12(7-13(16)17)8-14(18)20-15/h2-6,10,12,15H,7-9H2,1H3,(H,16,17)/t10-,12-,15+/m0/s1. The molecule has 0 unspecified atom stereocenters. The molecule has 5 nitrogen and oxygen atoms in total. The zero-order chi connectivity index (χ0) is 14.5. The highest BCUT2D eigenvalue weighted by Crippen LogP contribution is 2.29. The fourth-order valence-corrected chi connectivity index (χ4v) is 2.41. The highest BCUT2D eigenvalue weighted by Gasteiger charge is 2.39. The second-order valence-electron chi connectivity index (χ2n) is 5.02. The van der Waals surface area contributed by atoms with Crippen molar-refractivity contribution in [1.82, 2.24) is 0 Å². The summed E-state index contributed by atoms with van der Waals surface area (Å²) < 4.78 is 10.9. The van der Waals surface area contributed by atoms with Gasteiger partial charge < -0.3 is 14.6 Å². The van der Waals surface area contributed by atoms with Gasteiger partial charge in [0.15, 0.2) is 0 Å². The molecule has 0 aromatic heterocycles. The van der Waals surface area contributed by atoms with Crippen LogP contribution < -0.4 is 0 Å². The number of carbonyl (C=O) groups is 2. The van der Waals surface area contributed by atoms with Crippen molar-refractivity contribution in [3.05, 3.63) is 35.9 Å². The summed E-state index contributed by atoms with van der Waals surface area (Å²) in [7, 11) is 0. The third-order valence-electron chi connectivity index (χ3n) is 3.42. The van der Waals surface area contributed by atoms with Gasteiger partial charge in [-0.15, -0.1) is 0 Å². The Labute approximate surface area is 117 Å². The van der Waals surface area contributed by atoms with Crippen molar-refractivity contribution in [2.45, 2.75) is 38.6 Å². The van der Waals surface area contributed by atoms with E-state index in [9.17, 15) is 9.59 Å². The zero-order valence-electron chi connectivity index (χ0n) is 11.3. The summed E-state index contributed by atoms with van der Waals surface area (Å²) in [6.45, 7) is 2.22. The van der Waals surface area contributed by atoms with E-state index in [1.165, 1.54) is 0 Å². The molecule has 0 spiro atoms. The van der Waals surface area contributed by atoms with Crippen LogP contribution in [0.2, 0.25) is 0 Å². The van der Waals surface area contributed by atoms with Gasteiger partial charge in [-0.1, -0.05) is 30.3 Å². The lowest BCUT2D eigenvalue weighted by molar-refractivity contribution is -0.149. The average molecular weight is 278 g/mol. The number of aliphatic carboxylic acids is 1. The molecule has 108 valence electrons. The summed E-state index contributed by atoms with van der Waals surface area (Å²) in [5, 5.41) is 8.86. The third-order valence-corrected chi connectivity index (χ3v) is 3.42. The zero-order valence-corrected chi connectivity index (χ0v) is 11.3. The van der Waals surface area contributed by atoms with Crippen LogP contribution in [0, 0.1) is 5.92 Å². The fourth-order valence-electron chi connectivity index (χ4n) is 2.41. The van der Waals surface area contributed by atoms with Gasteiger partial charge in [0.25, 0.3) is 0 Å². The van der Waals surface area contributed by atoms with Crippen LogP contribution in [0.4, 0.5) is 0 Å². The minimum atomic E-state index is -0.923. The molecule has 1 aromatic carbocycles. The maximum Gasteiger partial charge on any atom is 0.306 e. The lowest BCUT2D eigenvalue weighted by Gasteiger charge is -2.23. The van der Waals surface area contributed by atoms with E-state index < -0.39 is 12.1 Å². The fraction of sp³-hybridized carbons (Fsp3) is 0.467. The Morgan fingerprint density at radius 3 is 2.80 bits per heavy atom. The average Bonchev–Trinajstić information content (AvgIpc) is 2.77. The monoisotopic (exact) mass is 278 g/mol. The first-order valence-corrected chi connectivity index (χ1v) is 6.63. The van der Waals surface area contributed by atoms with Gasteiger partial charge in [-0.2, -0.15) is 0 Å². The number of hydrogen-bond donors (Lipinski definition) is 1. The van der Waals surface area contributed by atoms with Gasteiger partial charge in [0.05, 0.1) is 25.6 Å². The van der Waals surface area contributed by atoms with Gasteiger partial charge in [-0.3, -0.25) is 9.59 Å². The van der Waals surface area contributed by atoms with Crippen LogP contribution in [0.15, 0.2) is 30.3 Å². The van der Waals surface area contributed by atoms with E-state index in [4.69, 9.17) is 14.6 Å². The van der Waals surface area contributed by atoms with Gasteiger partial charge >= 0.3 is 11.9 Å². The summed E-state index contributed by atoms with van der Waals surface area (Å²) in [5.74, 6) is -1.59. The van der Waals surface area contributed by atoms with E-state index in [-0.39, 0.29) is 30.8 Å². The maximum atomic E-state index is 11.4. The Kier molecular flexibility index (Phi) is 4.74. The maximum absolute atomic E-state index is 11.4. The van der Waals surface area contributed by atoms with Gasteiger partial charge in [0.1, 0.15) is 6.10 Å². The molecule has 3 atom stereocenters. The number of ether oxygens (including phenoxy) is 2. The summed E-state index contributed by atoms with van der Waals surface area (Å²) in [5.41, 5.74) is 1.03. The van der Waals surface area contributed by atoms with Crippen molar-refractivity contribution in [2.75, 3.05) is 0 Å². The Hall–Kier alpha value is -1.88. The molecule has 0 saturated carbocycles. The second-order valence-corrected chi connectivity index (χ2v) is 5.02. The quantitative estimate of drug-likeness (QED) is 0.806. The molecule has 0 radical (unpaired) electrons. The van der Waals surface area contributed by atoms with Crippen molar-refractivity contribution < 1.29 is 24.2 Å². The Morgan fingerprint density at radius 1 is 1.45 bits per heavy atom. The Bertz CT molecular complexity index is 470. The first-order valence-electron chi connectivity index (χ1n) is 6.63. The summed E-state index contributed by atoms with van der Waals surface area (Å²) >= 11 is 0. The molecule has 1 saturated heterocycles. The molecule has 20 heavy (non-hydrogen) atoms.